The topological polar surface area (TPSA) is 40.5 Å². The minimum atomic E-state index is -0.663. The van der Waals surface area contributed by atoms with Gasteiger partial charge >= 0.3 is 5.97 Å². The number of carbonyl (C=O) groups is 1. The number of carboxylic acids is 1. The highest BCUT2D eigenvalue weighted by Gasteiger charge is 2.32. The van der Waals surface area contributed by atoms with Gasteiger partial charge in [0.15, 0.2) is 0 Å². The molecule has 0 amide bonds. The molecule has 2 aromatic rings. The molecule has 3 nitrogen and oxygen atoms in total. The van der Waals surface area contributed by atoms with E-state index in [1.165, 1.54) is 77.9 Å². The van der Waals surface area contributed by atoms with Gasteiger partial charge < -0.3 is 5.11 Å². The SMILES string of the molecule is O=C(O)C1CN(Cc2ccc(SCCCCCc3ccccc3)c(C3=CCCC3)c2)C1. The number of thioether (sulfide) groups is 1. The second-order valence-corrected chi connectivity index (χ2v) is 9.96. The molecule has 0 spiro atoms. The van der Waals surface area contributed by atoms with Crippen LogP contribution in [0.2, 0.25) is 0 Å². The molecule has 0 unspecified atom stereocenters. The number of aryl methyl sites for hydroxylation is 1. The molecule has 0 saturated carbocycles. The summed E-state index contributed by atoms with van der Waals surface area (Å²) in [4.78, 5) is 14.7. The van der Waals surface area contributed by atoms with Crippen LogP contribution in [0.25, 0.3) is 5.57 Å². The number of benzene rings is 2. The van der Waals surface area contributed by atoms with E-state index in [1.54, 1.807) is 0 Å². The third kappa shape index (κ3) is 6.24. The Kier molecular flexibility index (Phi) is 7.87. The summed E-state index contributed by atoms with van der Waals surface area (Å²) in [6.07, 6.45) is 11.0. The van der Waals surface area contributed by atoms with Crippen LogP contribution in [-0.2, 0) is 17.8 Å². The third-order valence-corrected chi connectivity index (χ3v) is 7.51. The molecule has 0 radical (unpaired) electrons. The summed E-state index contributed by atoms with van der Waals surface area (Å²) in [5.74, 6) is 0.318. The summed E-state index contributed by atoms with van der Waals surface area (Å²) in [7, 11) is 0. The zero-order valence-electron chi connectivity index (χ0n) is 18.3. The van der Waals surface area contributed by atoms with Crippen molar-refractivity contribution in [1.82, 2.24) is 4.90 Å². The first-order valence-corrected chi connectivity index (χ1v) is 12.6. The van der Waals surface area contributed by atoms with E-state index in [-0.39, 0.29) is 5.92 Å². The number of carboxylic acid groups (broad SMARTS) is 1. The molecule has 1 aliphatic heterocycles. The molecule has 2 aliphatic rings. The summed E-state index contributed by atoms with van der Waals surface area (Å²) in [5.41, 5.74) is 5.66. The lowest BCUT2D eigenvalue weighted by molar-refractivity contribution is -0.147. The van der Waals surface area contributed by atoms with Gasteiger partial charge in [0.1, 0.15) is 0 Å². The van der Waals surface area contributed by atoms with Gasteiger partial charge in [-0.25, -0.2) is 0 Å². The van der Waals surface area contributed by atoms with E-state index in [4.69, 9.17) is 5.11 Å². The van der Waals surface area contributed by atoms with Crippen LogP contribution in [0.15, 0.2) is 59.5 Å². The monoisotopic (exact) mass is 435 g/mol. The zero-order chi connectivity index (χ0) is 21.5. The average Bonchev–Trinajstić information content (AvgIpc) is 3.28. The largest absolute Gasteiger partial charge is 0.481 e. The van der Waals surface area contributed by atoms with Crippen LogP contribution < -0.4 is 0 Å². The van der Waals surface area contributed by atoms with Gasteiger partial charge in [-0.3, -0.25) is 9.69 Å². The standard InChI is InChI=1S/C27H33NO2S/c29-27(30)24-19-28(20-24)18-22-14-15-26(25(17-22)23-12-6-7-13-23)31-16-8-2-5-11-21-9-3-1-4-10-21/h1,3-4,9-10,12,14-15,17,24H,2,5-8,11,13,16,18-20H2,(H,29,30). The quantitative estimate of drug-likeness (QED) is 0.333. The van der Waals surface area contributed by atoms with Crippen molar-refractivity contribution in [3.8, 4) is 0 Å². The molecule has 2 aromatic carbocycles. The fourth-order valence-corrected chi connectivity index (χ4v) is 5.59. The number of hydrogen-bond donors (Lipinski definition) is 1. The number of rotatable bonds is 11. The molecular weight excluding hydrogens is 402 g/mol. The van der Waals surface area contributed by atoms with Crippen molar-refractivity contribution in [2.75, 3.05) is 18.8 Å². The third-order valence-electron chi connectivity index (χ3n) is 6.35. The Bertz CT molecular complexity index is 903. The average molecular weight is 436 g/mol. The van der Waals surface area contributed by atoms with E-state index < -0.39 is 5.97 Å². The number of nitrogens with zero attached hydrogens (tertiary/aromatic N) is 1. The summed E-state index contributed by atoms with van der Waals surface area (Å²) in [6, 6.07) is 17.7. The van der Waals surface area contributed by atoms with Crippen LogP contribution in [-0.4, -0.2) is 34.8 Å². The maximum Gasteiger partial charge on any atom is 0.309 e. The molecule has 1 fully saturated rings. The molecule has 0 bridgehead atoms. The molecule has 1 heterocycles. The minimum absolute atomic E-state index is 0.186. The summed E-state index contributed by atoms with van der Waals surface area (Å²) >= 11 is 2.00. The number of unbranched alkanes of at least 4 members (excludes halogenated alkanes) is 2. The van der Waals surface area contributed by atoms with Crippen molar-refractivity contribution in [3.63, 3.8) is 0 Å². The van der Waals surface area contributed by atoms with E-state index in [1.807, 2.05) is 11.8 Å². The molecule has 4 heteroatoms. The van der Waals surface area contributed by atoms with E-state index in [2.05, 4.69) is 59.5 Å². The smallest absolute Gasteiger partial charge is 0.309 e. The van der Waals surface area contributed by atoms with Crippen molar-refractivity contribution >= 4 is 23.3 Å². The number of hydrogen-bond acceptors (Lipinski definition) is 3. The van der Waals surface area contributed by atoms with Gasteiger partial charge in [-0.2, -0.15) is 0 Å². The second kappa shape index (κ2) is 11.0. The Labute approximate surface area is 190 Å². The Morgan fingerprint density at radius 1 is 1.03 bits per heavy atom. The molecule has 0 atom stereocenters. The molecule has 4 rings (SSSR count). The van der Waals surface area contributed by atoms with Crippen molar-refractivity contribution in [1.29, 1.82) is 0 Å². The number of aliphatic carboxylic acids is 1. The first-order chi connectivity index (χ1) is 15.2. The van der Waals surface area contributed by atoms with E-state index in [9.17, 15) is 4.79 Å². The van der Waals surface area contributed by atoms with Crippen LogP contribution in [0.4, 0.5) is 0 Å². The fraction of sp³-hybridized carbons (Fsp3) is 0.444. The Balaban J connectivity index is 1.28. The zero-order valence-corrected chi connectivity index (χ0v) is 19.1. The molecule has 1 aliphatic carbocycles. The summed E-state index contributed by atoms with van der Waals surface area (Å²) in [5, 5.41) is 9.10. The van der Waals surface area contributed by atoms with Crippen molar-refractivity contribution in [2.24, 2.45) is 5.92 Å². The fourth-order valence-electron chi connectivity index (χ4n) is 4.52. The van der Waals surface area contributed by atoms with Gasteiger partial charge in [0.2, 0.25) is 0 Å². The van der Waals surface area contributed by atoms with Crippen LogP contribution in [0.1, 0.15) is 55.2 Å². The Morgan fingerprint density at radius 2 is 1.87 bits per heavy atom. The first-order valence-electron chi connectivity index (χ1n) is 11.6. The highest BCUT2D eigenvalue weighted by Crippen LogP contribution is 2.36. The molecule has 1 saturated heterocycles. The highest BCUT2D eigenvalue weighted by molar-refractivity contribution is 7.99. The maximum atomic E-state index is 11.1. The van der Waals surface area contributed by atoms with Gasteiger partial charge in [0.25, 0.3) is 0 Å². The predicted molar refractivity (Wildman–Crippen MR) is 129 cm³/mol. The summed E-state index contributed by atoms with van der Waals surface area (Å²) in [6.45, 7) is 2.20. The highest BCUT2D eigenvalue weighted by atomic mass is 32.2. The second-order valence-electron chi connectivity index (χ2n) is 8.83. The van der Waals surface area contributed by atoms with Gasteiger partial charge in [-0.05, 0) is 78.7 Å². The lowest BCUT2D eigenvalue weighted by atomic mass is 9.98. The van der Waals surface area contributed by atoms with E-state index in [0.29, 0.717) is 13.1 Å². The van der Waals surface area contributed by atoms with Crippen LogP contribution in [0, 0.1) is 5.92 Å². The summed E-state index contributed by atoms with van der Waals surface area (Å²) < 4.78 is 0. The van der Waals surface area contributed by atoms with Gasteiger partial charge in [0.05, 0.1) is 5.92 Å². The molecule has 164 valence electrons. The first kappa shape index (κ1) is 22.2. The van der Waals surface area contributed by atoms with Crippen LogP contribution >= 0.6 is 11.8 Å². The molecule has 1 N–H and O–H groups in total. The maximum absolute atomic E-state index is 11.1. The van der Waals surface area contributed by atoms with E-state index in [0.717, 1.165) is 6.54 Å². The predicted octanol–water partition coefficient (Wildman–Crippen LogP) is 6.28. The number of allylic oxidation sites excluding steroid dienone is 2. The molecular formula is C27H33NO2S. The molecule has 0 aromatic heterocycles. The van der Waals surface area contributed by atoms with Crippen molar-refractivity contribution in [3.05, 3.63) is 71.3 Å². The lowest BCUT2D eigenvalue weighted by Crippen LogP contribution is -2.49. The Hall–Kier alpha value is -2.04. The van der Waals surface area contributed by atoms with Crippen LogP contribution in [0.3, 0.4) is 0 Å². The van der Waals surface area contributed by atoms with Crippen molar-refractivity contribution in [2.45, 2.75) is 56.4 Å². The Morgan fingerprint density at radius 3 is 2.61 bits per heavy atom. The van der Waals surface area contributed by atoms with Crippen molar-refractivity contribution < 1.29 is 9.90 Å². The molecule has 31 heavy (non-hydrogen) atoms. The lowest BCUT2D eigenvalue weighted by Gasteiger charge is -2.36. The van der Waals surface area contributed by atoms with Gasteiger partial charge in [0, 0.05) is 24.5 Å². The number of likely N-dealkylation sites (tertiary alicyclic amines) is 1. The van der Waals surface area contributed by atoms with E-state index >= 15 is 0 Å². The minimum Gasteiger partial charge on any atom is -0.481 e. The normalized spacial score (nSPS) is 16.8. The van der Waals surface area contributed by atoms with Gasteiger partial charge in [-0.15, -0.1) is 11.8 Å². The van der Waals surface area contributed by atoms with Crippen LogP contribution in [0.5, 0.6) is 0 Å². The van der Waals surface area contributed by atoms with Gasteiger partial charge in [-0.1, -0.05) is 48.9 Å².